The van der Waals surface area contributed by atoms with Crippen LogP contribution in [-0.2, 0) is 12.8 Å². The van der Waals surface area contributed by atoms with Gasteiger partial charge >= 0.3 is 0 Å². The van der Waals surface area contributed by atoms with Crippen molar-refractivity contribution in [1.82, 2.24) is 0 Å². The predicted octanol–water partition coefficient (Wildman–Crippen LogP) is 3.75. The first kappa shape index (κ1) is 16.3. The maximum Gasteiger partial charge on any atom is 0.0515 e. The Balaban J connectivity index is 2.25. The number of halogens is 2. The van der Waals surface area contributed by atoms with E-state index in [0.29, 0.717) is 22.9 Å². The lowest BCUT2D eigenvalue weighted by Crippen LogP contribution is -2.35. The van der Waals surface area contributed by atoms with Crippen LogP contribution in [-0.4, -0.2) is 23.4 Å². The molecule has 0 radical (unpaired) electrons. The average molecular weight is 325 g/mol. The van der Waals surface area contributed by atoms with Gasteiger partial charge in [0.15, 0.2) is 0 Å². The van der Waals surface area contributed by atoms with Crippen molar-refractivity contribution in [1.29, 1.82) is 0 Å². The summed E-state index contributed by atoms with van der Waals surface area (Å²) in [6, 6.07) is 15.1. The molecule has 0 aromatic heterocycles. The lowest BCUT2D eigenvalue weighted by molar-refractivity contribution is 0.0548. The maximum absolute atomic E-state index is 9.82. The monoisotopic (exact) mass is 324 g/mol. The number of hydrogen-bond donors (Lipinski definition) is 2. The first-order chi connectivity index (χ1) is 10.1. The van der Waals surface area contributed by atoms with Gasteiger partial charge in [-0.05, 0) is 36.1 Å². The van der Waals surface area contributed by atoms with E-state index in [0.717, 1.165) is 11.1 Å². The molecule has 2 N–H and O–H groups in total. The molecule has 0 aliphatic carbocycles. The summed E-state index contributed by atoms with van der Waals surface area (Å²) in [7, 11) is 0. The number of aliphatic hydroxyl groups is 2. The Bertz CT molecular complexity index is 581. The molecule has 0 amide bonds. The molecule has 0 fully saturated rings. The number of aliphatic hydroxyl groups excluding tert-OH is 2. The van der Waals surface area contributed by atoms with Crippen LogP contribution < -0.4 is 0 Å². The molecule has 0 saturated carbocycles. The second-order valence-electron chi connectivity index (χ2n) is 5.39. The van der Waals surface area contributed by atoms with Gasteiger partial charge in [0, 0.05) is 15.5 Å². The minimum Gasteiger partial charge on any atom is -0.396 e. The minimum atomic E-state index is -0.640. The molecule has 2 aromatic carbocycles. The van der Waals surface area contributed by atoms with Gasteiger partial charge in [0.2, 0.25) is 0 Å². The molecule has 0 aliphatic rings. The fourth-order valence-corrected chi connectivity index (χ4v) is 2.91. The van der Waals surface area contributed by atoms with Crippen LogP contribution in [0.4, 0.5) is 0 Å². The van der Waals surface area contributed by atoms with Crippen molar-refractivity contribution in [3.05, 3.63) is 69.7 Å². The third-order valence-electron chi connectivity index (χ3n) is 3.67. The van der Waals surface area contributed by atoms with E-state index < -0.39 is 5.41 Å². The third-order valence-corrected chi connectivity index (χ3v) is 4.26. The molecule has 0 atom stereocenters. The fraction of sp³-hybridized carbons (Fsp3) is 0.294. The Kier molecular flexibility index (Phi) is 5.65. The predicted molar refractivity (Wildman–Crippen MR) is 86.9 cm³/mol. The minimum absolute atomic E-state index is 0.114. The molecule has 0 heterocycles. The highest BCUT2D eigenvalue weighted by Crippen LogP contribution is 2.31. The van der Waals surface area contributed by atoms with Gasteiger partial charge in [-0.1, -0.05) is 59.6 Å². The summed E-state index contributed by atoms with van der Waals surface area (Å²) < 4.78 is 0. The van der Waals surface area contributed by atoms with Crippen LogP contribution in [0.1, 0.15) is 11.1 Å². The number of rotatable bonds is 6. The average Bonchev–Trinajstić information content (AvgIpc) is 2.50. The second kappa shape index (κ2) is 7.28. The largest absolute Gasteiger partial charge is 0.396 e. The Hall–Kier alpha value is -1.06. The molecule has 112 valence electrons. The van der Waals surface area contributed by atoms with Crippen LogP contribution >= 0.6 is 23.2 Å². The summed E-state index contributed by atoms with van der Waals surface area (Å²) in [6.07, 6.45) is 1.07. The molecule has 0 saturated heterocycles. The van der Waals surface area contributed by atoms with E-state index in [1.165, 1.54) is 0 Å². The maximum atomic E-state index is 9.82. The Morgan fingerprint density at radius 2 is 1.52 bits per heavy atom. The van der Waals surface area contributed by atoms with Crippen LogP contribution in [0, 0.1) is 5.41 Å². The van der Waals surface area contributed by atoms with Gasteiger partial charge in [-0.15, -0.1) is 0 Å². The molecule has 2 aromatic rings. The summed E-state index contributed by atoms with van der Waals surface area (Å²) in [4.78, 5) is 0. The van der Waals surface area contributed by atoms with Crippen molar-refractivity contribution in [2.24, 2.45) is 5.41 Å². The van der Waals surface area contributed by atoms with Crippen molar-refractivity contribution in [2.75, 3.05) is 13.2 Å². The first-order valence-corrected chi connectivity index (χ1v) is 7.54. The van der Waals surface area contributed by atoms with E-state index in [1.807, 2.05) is 36.4 Å². The standard InChI is InChI=1S/C17H18Cl2O2/c18-15-7-6-14(16(19)8-15)10-17(11-20,12-21)9-13-4-2-1-3-5-13/h1-8,20-21H,9-12H2. The van der Waals surface area contributed by atoms with Crippen molar-refractivity contribution < 1.29 is 10.2 Å². The topological polar surface area (TPSA) is 40.5 Å². The molecular formula is C17H18Cl2O2. The molecule has 0 aliphatic heterocycles. The molecule has 21 heavy (non-hydrogen) atoms. The van der Waals surface area contributed by atoms with Crippen LogP contribution in [0.5, 0.6) is 0 Å². The van der Waals surface area contributed by atoms with Crippen molar-refractivity contribution in [3.8, 4) is 0 Å². The van der Waals surface area contributed by atoms with Crippen molar-refractivity contribution in [2.45, 2.75) is 12.8 Å². The Morgan fingerprint density at radius 3 is 2.10 bits per heavy atom. The molecule has 4 heteroatoms. The number of benzene rings is 2. The van der Waals surface area contributed by atoms with Crippen LogP contribution in [0.25, 0.3) is 0 Å². The molecule has 2 nitrogen and oxygen atoms in total. The van der Waals surface area contributed by atoms with Gasteiger partial charge in [-0.25, -0.2) is 0 Å². The Labute approximate surface area is 135 Å². The highest BCUT2D eigenvalue weighted by atomic mass is 35.5. The van der Waals surface area contributed by atoms with E-state index in [2.05, 4.69) is 0 Å². The van der Waals surface area contributed by atoms with Gasteiger partial charge in [-0.3, -0.25) is 0 Å². The molecule has 0 unspecified atom stereocenters. The first-order valence-electron chi connectivity index (χ1n) is 6.78. The number of hydrogen-bond acceptors (Lipinski definition) is 2. The van der Waals surface area contributed by atoms with E-state index in [9.17, 15) is 10.2 Å². The molecule has 0 spiro atoms. The van der Waals surface area contributed by atoms with Crippen molar-refractivity contribution in [3.63, 3.8) is 0 Å². The van der Waals surface area contributed by atoms with Crippen molar-refractivity contribution >= 4 is 23.2 Å². The fourth-order valence-electron chi connectivity index (χ4n) is 2.43. The van der Waals surface area contributed by atoms with Gasteiger partial charge in [0.25, 0.3) is 0 Å². The Morgan fingerprint density at radius 1 is 0.857 bits per heavy atom. The van der Waals surface area contributed by atoms with E-state index >= 15 is 0 Å². The van der Waals surface area contributed by atoms with E-state index in [4.69, 9.17) is 23.2 Å². The normalized spacial score (nSPS) is 11.6. The molecule has 0 bridgehead atoms. The lowest BCUT2D eigenvalue weighted by Gasteiger charge is -2.30. The highest BCUT2D eigenvalue weighted by molar-refractivity contribution is 6.35. The summed E-state index contributed by atoms with van der Waals surface area (Å²) in [6.45, 7) is -0.227. The highest BCUT2D eigenvalue weighted by Gasteiger charge is 2.30. The molecule has 2 rings (SSSR count). The SMILES string of the molecule is OCC(CO)(Cc1ccccc1)Cc1ccc(Cl)cc1Cl. The van der Waals surface area contributed by atoms with Gasteiger partial charge in [0.05, 0.1) is 13.2 Å². The quantitative estimate of drug-likeness (QED) is 0.849. The zero-order valence-electron chi connectivity index (χ0n) is 11.6. The van der Waals surface area contributed by atoms with Gasteiger partial charge in [-0.2, -0.15) is 0 Å². The zero-order valence-corrected chi connectivity index (χ0v) is 13.1. The van der Waals surface area contributed by atoms with Crippen LogP contribution in [0.3, 0.4) is 0 Å². The van der Waals surface area contributed by atoms with Crippen LogP contribution in [0.15, 0.2) is 48.5 Å². The summed E-state index contributed by atoms with van der Waals surface area (Å²) in [5.74, 6) is 0. The lowest BCUT2D eigenvalue weighted by atomic mass is 9.78. The summed E-state index contributed by atoms with van der Waals surface area (Å²) in [5.41, 5.74) is 1.31. The van der Waals surface area contributed by atoms with Gasteiger partial charge < -0.3 is 10.2 Å². The van der Waals surface area contributed by atoms with E-state index in [1.54, 1.807) is 12.1 Å². The van der Waals surface area contributed by atoms with Gasteiger partial charge in [0.1, 0.15) is 0 Å². The smallest absolute Gasteiger partial charge is 0.0515 e. The third kappa shape index (κ3) is 4.21. The summed E-state index contributed by atoms with van der Waals surface area (Å²) >= 11 is 12.1. The second-order valence-corrected chi connectivity index (χ2v) is 6.23. The van der Waals surface area contributed by atoms with E-state index in [-0.39, 0.29) is 13.2 Å². The zero-order chi connectivity index (χ0) is 15.3. The summed E-state index contributed by atoms with van der Waals surface area (Å²) in [5, 5.41) is 20.8. The van der Waals surface area contributed by atoms with Crippen LogP contribution in [0.2, 0.25) is 10.0 Å². The molecular weight excluding hydrogens is 307 g/mol.